The second-order valence-electron chi connectivity index (χ2n) is 5.66. The first-order valence-corrected chi connectivity index (χ1v) is 7.52. The minimum atomic E-state index is -0.449. The summed E-state index contributed by atoms with van der Waals surface area (Å²) in [6.07, 6.45) is 1.39. The van der Waals surface area contributed by atoms with Crippen LogP contribution in [0.3, 0.4) is 0 Å². The van der Waals surface area contributed by atoms with Crippen LogP contribution in [-0.4, -0.2) is 5.91 Å². The van der Waals surface area contributed by atoms with Crippen LogP contribution in [0.4, 0.5) is 17.1 Å². The van der Waals surface area contributed by atoms with Gasteiger partial charge in [-0.25, -0.2) is 0 Å². The molecule has 2 rings (SSSR count). The van der Waals surface area contributed by atoms with E-state index in [-0.39, 0.29) is 5.57 Å². The number of nitrogens with one attached hydrogen (secondary N) is 2. The van der Waals surface area contributed by atoms with Crippen molar-refractivity contribution in [1.82, 2.24) is 0 Å². The van der Waals surface area contributed by atoms with Crippen LogP contribution in [0.1, 0.15) is 16.7 Å². The number of anilines is 3. The third-order valence-electron chi connectivity index (χ3n) is 3.57. The maximum atomic E-state index is 12.3. The Balaban J connectivity index is 2.16. The molecule has 0 heterocycles. The molecule has 2 aromatic carbocycles. The number of hydrogen-bond acceptors (Lipinski definition) is 4. The number of benzene rings is 2. The van der Waals surface area contributed by atoms with Gasteiger partial charge in [-0.3, -0.25) is 4.79 Å². The molecule has 0 saturated heterocycles. The highest BCUT2D eigenvalue weighted by Gasteiger charge is 2.12. The maximum absolute atomic E-state index is 12.3. The zero-order valence-electron chi connectivity index (χ0n) is 14.0. The summed E-state index contributed by atoms with van der Waals surface area (Å²) >= 11 is 0. The lowest BCUT2D eigenvalue weighted by Gasteiger charge is -2.12. The van der Waals surface area contributed by atoms with Crippen LogP contribution in [0, 0.1) is 32.1 Å². The minimum Gasteiger partial charge on any atom is -0.399 e. The van der Waals surface area contributed by atoms with Crippen molar-refractivity contribution in [2.45, 2.75) is 20.8 Å². The molecule has 0 atom stereocenters. The fourth-order valence-corrected chi connectivity index (χ4v) is 2.44. The Morgan fingerprint density at radius 3 is 2.25 bits per heavy atom. The molecule has 5 nitrogen and oxygen atoms in total. The molecule has 0 bridgehead atoms. The third-order valence-corrected chi connectivity index (χ3v) is 3.57. The van der Waals surface area contributed by atoms with Crippen LogP contribution >= 0.6 is 0 Å². The molecule has 0 unspecified atom stereocenters. The topological polar surface area (TPSA) is 90.9 Å². The van der Waals surface area contributed by atoms with Crippen LogP contribution in [0.15, 0.2) is 48.2 Å². The highest BCUT2D eigenvalue weighted by molar-refractivity contribution is 6.07. The Bertz CT molecular complexity index is 806. The van der Waals surface area contributed by atoms with Crippen LogP contribution < -0.4 is 16.4 Å². The summed E-state index contributed by atoms with van der Waals surface area (Å²) in [7, 11) is 0. The number of carbonyl (C=O) groups excluding carboxylic acids is 1. The first-order chi connectivity index (χ1) is 11.4. The van der Waals surface area contributed by atoms with Gasteiger partial charge in [0.2, 0.25) is 0 Å². The monoisotopic (exact) mass is 320 g/mol. The molecule has 122 valence electrons. The number of amides is 1. The van der Waals surface area contributed by atoms with E-state index in [4.69, 9.17) is 5.73 Å². The molecule has 0 spiro atoms. The summed E-state index contributed by atoms with van der Waals surface area (Å²) in [5.74, 6) is -0.449. The Kier molecular flexibility index (Phi) is 5.23. The molecule has 1 amide bonds. The van der Waals surface area contributed by atoms with Gasteiger partial charge >= 0.3 is 0 Å². The van der Waals surface area contributed by atoms with Gasteiger partial charge in [0.15, 0.2) is 0 Å². The van der Waals surface area contributed by atoms with E-state index in [1.54, 1.807) is 24.3 Å². The van der Waals surface area contributed by atoms with Crippen molar-refractivity contribution in [1.29, 1.82) is 5.26 Å². The van der Waals surface area contributed by atoms with Crippen molar-refractivity contribution in [3.63, 3.8) is 0 Å². The number of nitrogens with zero attached hydrogens (tertiary/aromatic N) is 1. The van der Waals surface area contributed by atoms with Gasteiger partial charge in [-0.15, -0.1) is 0 Å². The summed E-state index contributed by atoms with van der Waals surface area (Å²) < 4.78 is 0. The number of aryl methyl sites for hydroxylation is 3. The fraction of sp³-hybridized carbons (Fsp3) is 0.158. The zero-order valence-corrected chi connectivity index (χ0v) is 14.0. The summed E-state index contributed by atoms with van der Waals surface area (Å²) in [4.78, 5) is 12.3. The van der Waals surface area contributed by atoms with Crippen molar-refractivity contribution in [2.24, 2.45) is 0 Å². The normalized spacial score (nSPS) is 10.8. The van der Waals surface area contributed by atoms with Gasteiger partial charge in [-0.1, -0.05) is 17.7 Å². The van der Waals surface area contributed by atoms with E-state index >= 15 is 0 Å². The number of carbonyl (C=O) groups is 1. The molecule has 24 heavy (non-hydrogen) atoms. The van der Waals surface area contributed by atoms with E-state index in [0.717, 1.165) is 28.1 Å². The van der Waals surface area contributed by atoms with E-state index < -0.39 is 5.91 Å². The molecular weight excluding hydrogens is 300 g/mol. The van der Waals surface area contributed by atoms with Gasteiger partial charge in [0.05, 0.1) is 0 Å². The van der Waals surface area contributed by atoms with E-state index in [1.807, 2.05) is 39.0 Å². The average molecular weight is 320 g/mol. The first kappa shape index (κ1) is 17.1. The van der Waals surface area contributed by atoms with Crippen molar-refractivity contribution in [3.8, 4) is 6.07 Å². The van der Waals surface area contributed by atoms with E-state index in [0.29, 0.717) is 5.69 Å². The van der Waals surface area contributed by atoms with Crippen molar-refractivity contribution in [2.75, 3.05) is 16.4 Å². The second-order valence-corrected chi connectivity index (χ2v) is 5.66. The van der Waals surface area contributed by atoms with Crippen molar-refractivity contribution >= 4 is 23.0 Å². The summed E-state index contributed by atoms with van der Waals surface area (Å²) in [6.45, 7) is 5.86. The van der Waals surface area contributed by atoms with Crippen molar-refractivity contribution in [3.05, 3.63) is 64.9 Å². The molecule has 0 aromatic heterocycles. The SMILES string of the molecule is Cc1cc(C)c(NC(=O)/C(C#N)=C\Nc2ccc(N)cc2)c(C)c1. The Morgan fingerprint density at radius 1 is 1.12 bits per heavy atom. The second kappa shape index (κ2) is 7.34. The number of nitrogen functional groups attached to an aromatic ring is 1. The summed E-state index contributed by atoms with van der Waals surface area (Å²) in [5.41, 5.74) is 10.8. The van der Waals surface area contributed by atoms with Gasteiger partial charge in [-0.2, -0.15) is 5.26 Å². The molecular formula is C19H20N4O. The Morgan fingerprint density at radius 2 is 1.71 bits per heavy atom. The lowest BCUT2D eigenvalue weighted by molar-refractivity contribution is -0.112. The number of hydrogen-bond donors (Lipinski definition) is 3. The summed E-state index contributed by atoms with van der Waals surface area (Å²) in [5, 5.41) is 15.0. The van der Waals surface area contributed by atoms with E-state index in [2.05, 4.69) is 10.6 Å². The molecule has 0 radical (unpaired) electrons. The fourth-order valence-electron chi connectivity index (χ4n) is 2.44. The Hall–Kier alpha value is -3.26. The van der Waals surface area contributed by atoms with Gasteiger partial charge in [0.25, 0.3) is 5.91 Å². The van der Waals surface area contributed by atoms with Crippen LogP contribution in [-0.2, 0) is 4.79 Å². The predicted molar refractivity (Wildman–Crippen MR) is 97.5 cm³/mol. The average Bonchev–Trinajstić information content (AvgIpc) is 2.53. The highest BCUT2D eigenvalue weighted by atomic mass is 16.1. The third kappa shape index (κ3) is 4.14. The highest BCUT2D eigenvalue weighted by Crippen LogP contribution is 2.22. The molecule has 0 aliphatic heterocycles. The molecule has 5 heteroatoms. The largest absolute Gasteiger partial charge is 0.399 e. The quantitative estimate of drug-likeness (QED) is 0.455. The number of rotatable bonds is 4. The minimum absolute atomic E-state index is 0.00815. The molecule has 4 N–H and O–H groups in total. The molecule has 0 saturated carbocycles. The van der Waals surface area contributed by atoms with Crippen LogP contribution in [0.2, 0.25) is 0 Å². The lowest BCUT2D eigenvalue weighted by atomic mass is 10.0. The number of nitriles is 1. The maximum Gasteiger partial charge on any atom is 0.267 e. The van der Waals surface area contributed by atoms with Gasteiger partial charge < -0.3 is 16.4 Å². The zero-order chi connectivity index (χ0) is 17.7. The van der Waals surface area contributed by atoms with E-state index in [9.17, 15) is 10.1 Å². The lowest BCUT2D eigenvalue weighted by Crippen LogP contribution is -2.16. The Labute approximate surface area is 141 Å². The summed E-state index contributed by atoms with van der Waals surface area (Å²) in [6, 6.07) is 12.9. The standard InChI is InChI=1S/C19H20N4O/c1-12-8-13(2)18(14(3)9-12)23-19(24)15(10-20)11-22-17-6-4-16(21)5-7-17/h4-9,11,22H,21H2,1-3H3,(H,23,24)/b15-11-. The predicted octanol–water partition coefficient (Wildman–Crippen LogP) is 3.65. The molecule has 2 aromatic rings. The molecule has 0 fully saturated rings. The molecule has 0 aliphatic carbocycles. The van der Waals surface area contributed by atoms with Crippen molar-refractivity contribution < 1.29 is 4.79 Å². The van der Waals surface area contributed by atoms with Gasteiger partial charge in [0.1, 0.15) is 11.6 Å². The van der Waals surface area contributed by atoms with Gasteiger partial charge in [-0.05, 0) is 56.2 Å². The molecule has 0 aliphatic rings. The number of nitrogens with two attached hydrogens (primary N) is 1. The van der Waals surface area contributed by atoms with Crippen LogP contribution in [0.25, 0.3) is 0 Å². The van der Waals surface area contributed by atoms with Gasteiger partial charge in [0, 0.05) is 23.3 Å². The smallest absolute Gasteiger partial charge is 0.267 e. The first-order valence-electron chi connectivity index (χ1n) is 7.52. The van der Waals surface area contributed by atoms with E-state index in [1.165, 1.54) is 6.20 Å². The van der Waals surface area contributed by atoms with Crippen LogP contribution in [0.5, 0.6) is 0 Å².